The van der Waals surface area contributed by atoms with E-state index in [1.807, 2.05) is 49.4 Å². The minimum Gasteiger partial charge on any atom is -0.478 e. The van der Waals surface area contributed by atoms with Crippen LogP contribution in [0.15, 0.2) is 66.7 Å². The van der Waals surface area contributed by atoms with Crippen molar-refractivity contribution in [2.45, 2.75) is 32.1 Å². The number of carboxylic acid groups (broad SMARTS) is 1. The molecule has 1 aliphatic carbocycles. The van der Waals surface area contributed by atoms with Gasteiger partial charge in [0.25, 0.3) is 0 Å². The van der Waals surface area contributed by atoms with Gasteiger partial charge in [0.15, 0.2) is 5.78 Å². The molecule has 1 aliphatic heterocycles. The number of fused-ring (bicyclic) bond motifs is 3. The van der Waals surface area contributed by atoms with Crippen molar-refractivity contribution in [3.8, 4) is 0 Å². The second-order valence-corrected chi connectivity index (χ2v) is 9.35. The van der Waals surface area contributed by atoms with E-state index in [1.54, 1.807) is 12.1 Å². The first-order chi connectivity index (χ1) is 16.0. The van der Waals surface area contributed by atoms with E-state index in [0.717, 1.165) is 42.7 Å². The quantitative estimate of drug-likeness (QED) is 0.534. The van der Waals surface area contributed by atoms with E-state index >= 15 is 0 Å². The molecule has 1 heterocycles. The fourth-order valence-electron chi connectivity index (χ4n) is 5.87. The van der Waals surface area contributed by atoms with Gasteiger partial charge in [-0.2, -0.15) is 0 Å². The van der Waals surface area contributed by atoms with Crippen molar-refractivity contribution in [3.05, 3.63) is 106 Å². The molecular formula is C29H29NO3. The van der Waals surface area contributed by atoms with E-state index in [2.05, 4.69) is 24.0 Å². The molecule has 4 heteroatoms. The fourth-order valence-corrected chi connectivity index (χ4v) is 5.87. The van der Waals surface area contributed by atoms with E-state index in [4.69, 9.17) is 0 Å². The van der Waals surface area contributed by atoms with Crippen molar-refractivity contribution < 1.29 is 14.7 Å². The Morgan fingerprint density at radius 3 is 2.36 bits per heavy atom. The second kappa shape index (κ2) is 8.60. The molecule has 3 atom stereocenters. The molecule has 1 N–H and O–H groups in total. The highest BCUT2D eigenvalue weighted by Gasteiger charge is 2.44. The lowest BCUT2D eigenvalue weighted by Gasteiger charge is -2.37. The number of hydrogen-bond donors (Lipinski definition) is 1. The molecule has 1 saturated heterocycles. The van der Waals surface area contributed by atoms with Crippen LogP contribution in [0.3, 0.4) is 0 Å². The van der Waals surface area contributed by atoms with Crippen LogP contribution in [-0.4, -0.2) is 41.4 Å². The van der Waals surface area contributed by atoms with Crippen LogP contribution in [0, 0.1) is 12.8 Å². The molecule has 4 nitrogen and oxygen atoms in total. The third-order valence-corrected chi connectivity index (χ3v) is 7.59. The summed E-state index contributed by atoms with van der Waals surface area (Å²) in [7, 11) is 0. The van der Waals surface area contributed by atoms with Crippen LogP contribution >= 0.6 is 0 Å². The predicted octanol–water partition coefficient (Wildman–Crippen LogP) is 5.50. The van der Waals surface area contributed by atoms with Gasteiger partial charge in [-0.25, -0.2) is 4.79 Å². The van der Waals surface area contributed by atoms with Crippen molar-refractivity contribution in [2.75, 3.05) is 19.6 Å². The standard InChI is InChI=1S/C29H29NO3/c1-3-30-14-13-22-26(17-30)24-16-23(28(31)20-7-5-4-6-8-20)18(2)15-25(24)27(22)19-9-11-21(12-10-19)29(32)33/h4-12,15-16,22,26-27H,3,13-14,17H2,1-2H3,(H,32,33)/t22-,26+,27+/m1/s1. The number of rotatable bonds is 5. The summed E-state index contributed by atoms with van der Waals surface area (Å²) in [5.74, 6) is 0.236. The molecule has 0 radical (unpaired) electrons. The Bertz CT molecular complexity index is 1200. The van der Waals surface area contributed by atoms with Gasteiger partial charge in [-0.3, -0.25) is 4.79 Å². The van der Waals surface area contributed by atoms with Gasteiger partial charge in [0, 0.05) is 29.5 Å². The van der Waals surface area contributed by atoms with E-state index < -0.39 is 5.97 Å². The fraction of sp³-hybridized carbons (Fsp3) is 0.310. The zero-order valence-corrected chi connectivity index (χ0v) is 19.1. The minimum absolute atomic E-state index is 0.0740. The van der Waals surface area contributed by atoms with Crippen molar-refractivity contribution in [3.63, 3.8) is 0 Å². The summed E-state index contributed by atoms with van der Waals surface area (Å²) in [6, 6.07) is 21.3. The van der Waals surface area contributed by atoms with Crippen LogP contribution in [0.25, 0.3) is 0 Å². The molecule has 0 bridgehead atoms. The van der Waals surface area contributed by atoms with Crippen LogP contribution in [0.1, 0.15) is 73.7 Å². The zero-order valence-electron chi connectivity index (χ0n) is 19.1. The van der Waals surface area contributed by atoms with Gasteiger partial charge in [0.05, 0.1) is 5.56 Å². The van der Waals surface area contributed by atoms with E-state index in [-0.39, 0.29) is 11.7 Å². The number of aryl methyl sites for hydroxylation is 1. The van der Waals surface area contributed by atoms with E-state index in [9.17, 15) is 14.7 Å². The number of likely N-dealkylation sites (N-methyl/N-ethyl adjacent to an activating group) is 1. The highest BCUT2D eigenvalue weighted by molar-refractivity contribution is 6.10. The van der Waals surface area contributed by atoms with E-state index in [0.29, 0.717) is 17.4 Å². The summed E-state index contributed by atoms with van der Waals surface area (Å²) in [6.45, 7) is 7.33. The molecule has 3 aromatic rings. The molecule has 0 unspecified atom stereocenters. The van der Waals surface area contributed by atoms with Crippen LogP contribution in [-0.2, 0) is 0 Å². The topological polar surface area (TPSA) is 57.6 Å². The monoisotopic (exact) mass is 439 g/mol. The molecule has 0 saturated carbocycles. The SMILES string of the molecule is CCN1CC[C@H]2[C@H](c3ccc(C(=O)O)cc3)c3cc(C)c(C(=O)c4ccccc4)cc3[C@H]2C1. The second-order valence-electron chi connectivity index (χ2n) is 9.35. The summed E-state index contributed by atoms with van der Waals surface area (Å²) in [6.07, 6.45) is 1.10. The number of carbonyl (C=O) groups is 2. The van der Waals surface area contributed by atoms with Gasteiger partial charge in [-0.05, 0) is 72.8 Å². The average molecular weight is 440 g/mol. The number of ketones is 1. The number of aromatic carboxylic acids is 1. The number of piperidine rings is 1. The Hall–Kier alpha value is -3.24. The Kier molecular flexibility index (Phi) is 5.63. The first-order valence-electron chi connectivity index (χ1n) is 11.8. The number of carboxylic acids is 1. The predicted molar refractivity (Wildman–Crippen MR) is 129 cm³/mol. The summed E-state index contributed by atoms with van der Waals surface area (Å²) in [4.78, 5) is 27.2. The highest BCUT2D eigenvalue weighted by atomic mass is 16.4. The van der Waals surface area contributed by atoms with Crippen LogP contribution in [0.2, 0.25) is 0 Å². The van der Waals surface area contributed by atoms with Gasteiger partial charge in [-0.1, -0.05) is 55.5 Å². The first-order valence-corrected chi connectivity index (χ1v) is 11.8. The third kappa shape index (κ3) is 3.79. The molecule has 5 rings (SSSR count). The Morgan fingerprint density at radius 1 is 0.970 bits per heavy atom. The molecule has 0 spiro atoms. The van der Waals surface area contributed by atoms with Gasteiger partial charge < -0.3 is 10.0 Å². The van der Waals surface area contributed by atoms with Crippen molar-refractivity contribution in [2.24, 2.45) is 5.92 Å². The van der Waals surface area contributed by atoms with Crippen LogP contribution < -0.4 is 0 Å². The summed E-state index contributed by atoms with van der Waals surface area (Å²) in [5.41, 5.74) is 6.57. The normalized spacial score (nSPS) is 21.9. The molecule has 2 aliphatic rings. The third-order valence-electron chi connectivity index (χ3n) is 7.59. The summed E-state index contributed by atoms with van der Waals surface area (Å²) < 4.78 is 0. The molecule has 0 aromatic heterocycles. The highest BCUT2D eigenvalue weighted by Crippen LogP contribution is 2.53. The number of likely N-dealkylation sites (tertiary alicyclic amines) is 1. The summed E-state index contributed by atoms with van der Waals surface area (Å²) in [5, 5.41) is 9.32. The Morgan fingerprint density at radius 2 is 1.70 bits per heavy atom. The van der Waals surface area contributed by atoms with Gasteiger partial charge in [0.1, 0.15) is 0 Å². The lowest BCUT2D eigenvalue weighted by Crippen LogP contribution is -2.38. The zero-order chi connectivity index (χ0) is 23.1. The largest absolute Gasteiger partial charge is 0.478 e. The molecule has 33 heavy (non-hydrogen) atoms. The van der Waals surface area contributed by atoms with Crippen molar-refractivity contribution in [1.29, 1.82) is 0 Å². The van der Waals surface area contributed by atoms with Crippen molar-refractivity contribution >= 4 is 11.8 Å². The lowest BCUT2D eigenvalue weighted by molar-refractivity contribution is 0.0696. The molecule has 1 fully saturated rings. The molecule has 0 amide bonds. The lowest BCUT2D eigenvalue weighted by atomic mass is 9.78. The minimum atomic E-state index is -0.901. The average Bonchev–Trinajstić information content (AvgIpc) is 3.15. The smallest absolute Gasteiger partial charge is 0.335 e. The van der Waals surface area contributed by atoms with Crippen LogP contribution in [0.5, 0.6) is 0 Å². The number of benzene rings is 3. The van der Waals surface area contributed by atoms with Crippen molar-refractivity contribution in [1.82, 2.24) is 4.90 Å². The molecule has 3 aromatic carbocycles. The maximum absolute atomic E-state index is 13.3. The van der Waals surface area contributed by atoms with Gasteiger partial charge in [0.2, 0.25) is 0 Å². The molecular weight excluding hydrogens is 410 g/mol. The molecule has 168 valence electrons. The van der Waals surface area contributed by atoms with Gasteiger partial charge in [-0.15, -0.1) is 0 Å². The first kappa shape index (κ1) is 21.6. The Balaban J connectivity index is 1.60. The number of hydrogen-bond acceptors (Lipinski definition) is 3. The van der Waals surface area contributed by atoms with Gasteiger partial charge >= 0.3 is 5.97 Å². The van der Waals surface area contributed by atoms with E-state index in [1.165, 1.54) is 16.7 Å². The maximum Gasteiger partial charge on any atom is 0.335 e. The Labute approximate surface area is 194 Å². The van der Waals surface area contributed by atoms with Crippen LogP contribution in [0.4, 0.5) is 0 Å². The summed E-state index contributed by atoms with van der Waals surface area (Å²) >= 11 is 0. The number of carbonyl (C=O) groups excluding carboxylic acids is 1. The number of nitrogens with zero attached hydrogens (tertiary/aromatic N) is 1. The maximum atomic E-state index is 13.3.